The van der Waals surface area contributed by atoms with Crippen molar-refractivity contribution < 1.29 is 9.21 Å². The van der Waals surface area contributed by atoms with Gasteiger partial charge in [-0.2, -0.15) is 0 Å². The van der Waals surface area contributed by atoms with Gasteiger partial charge in [0.05, 0.1) is 0 Å². The third-order valence-corrected chi connectivity index (χ3v) is 2.51. The number of hydrogen-bond acceptors (Lipinski definition) is 3. The summed E-state index contributed by atoms with van der Waals surface area (Å²) in [6.45, 7) is 6.92. The molecule has 16 heavy (non-hydrogen) atoms. The predicted molar refractivity (Wildman–Crippen MR) is 63.2 cm³/mol. The molecule has 1 rings (SSSR count). The molecule has 0 aromatic carbocycles. The van der Waals surface area contributed by atoms with Crippen LogP contribution in [0, 0.1) is 6.92 Å². The zero-order valence-corrected chi connectivity index (χ0v) is 10.2. The number of carbonyl (C=O) groups excluding carboxylic acids is 1. The Hall–Kier alpha value is -1.29. The molecular weight excluding hydrogens is 204 g/mol. The van der Waals surface area contributed by atoms with Gasteiger partial charge in [0, 0.05) is 24.9 Å². The molecule has 4 nitrogen and oxygen atoms in total. The molecule has 1 aromatic rings. The van der Waals surface area contributed by atoms with Gasteiger partial charge in [-0.25, -0.2) is 0 Å². The van der Waals surface area contributed by atoms with E-state index in [0.29, 0.717) is 19.5 Å². The fourth-order valence-corrected chi connectivity index (χ4v) is 1.42. The van der Waals surface area contributed by atoms with Crippen LogP contribution in [0.25, 0.3) is 0 Å². The Morgan fingerprint density at radius 1 is 1.50 bits per heavy atom. The van der Waals surface area contributed by atoms with Crippen LogP contribution >= 0.6 is 0 Å². The Balaban J connectivity index is 2.55. The van der Waals surface area contributed by atoms with E-state index < -0.39 is 0 Å². The summed E-state index contributed by atoms with van der Waals surface area (Å²) in [6.07, 6.45) is 0.368. The molecule has 4 heteroatoms. The van der Waals surface area contributed by atoms with Crippen molar-refractivity contribution in [3.63, 3.8) is 0 Å². The smallest absolute Gasteiger partial charge is 0.221 e. The average molecular weight is 224 g/mol. The topological polar surface area (TPSA) is 68.3 Å². The van der Waals surface area contributed by atoms with E-state index in [1.54, 1.807) is 0 Å². The maximum absolute atomic E-state index is 11.3. The van der Waals surface area contributed by atoms with Crippen LogP contribution in [0.1, 0.15) is 31.8 Å². The number of nitrogens with two attached hydrogens (primary N) is 1. The van der Waals surface area contributed by atoms with Crippen molar-refractivity contribution >= 4 is 5.91 Å². The summed E-state index contributed by atoms with van der Waals surface area (Å²) in [7, 11) is 0. The van der Waals surface area contributed by atoms with E-state index in [9.17, 15) is 4.79 Å². The van der Waals surface area contributed by atoms with E-state index in [0.717, 1.165) is 11.5 Å². The molecule has 0 saturated carbocycles. The van der Waals surface area contributed by atoms with Crippen molar-refractivity contribution in [1.29, 1.82) is 0 Å². The van der Waals surface area contributed by atoms with Crippen molar-refractivity contribution in [1.82, 2.24) is 5.32 Å². The highest BCUT2D eigenvalue weighted by Gasteiger charge is 2.24. The molecule has 0 aliphatic carbocycles. The van der Waals surface area contributed by atoms with Crippen LogP contribution in [0.3, 0.4) is 0 Å². The number of carbonyl (C=O) groups is 1. The molecule has 0 atom stereocenters. The molecule has 1 amide bonds. The van der Waals surface area contributed by atoms with Crippen molar-refractivity contribution in [3.8, 4) is 0 Å². The fraction of sp³-hybridized carbons (Fsp3) is 0.583. The van der Waals surface area contributed by atoms with Gasteiger partial charge in [0.2, 0.25) is 5.91 Å². The van der Waals surface area contributed by atoms with Gasteiger partial charge in [0.25, 0.3) is 0 Å². The summed E-state index contributed by atoms with van der Waals surface area (Å²) < 4.78 is 5.56. The second-order valence-corrected chi connectivity index (χ2v) is 4.61. The number of amides is 1. The molecule has 90 valence electrons. The predicted octanol–water partition coefficient (Wildman–Crippen LogP) is 1.33. The van der Waals surface area contributed by atoms with Crippen LogP contribution in [-0.2, 0) is 10.2 Å². The molecule has 0 unspecified atom stereocenters. The van der Waals surface area contributed by atoms with Crippen LogP contribution in [0.5, 0.6) is 0 Å². The van der Waals surface area contributed by atoms with Gasteiger partial charge in [-0.1, -0.05) is 13.8 Å². The zero-order chi connectivity index (χ0) is 12.2. The number of aryl methyl sites for hydroxylation is 1. The summed E-state index contributed by atoms with van der Waals surface area (Å²) in [5, 5.41) is 2.85. The molecule has 0 bridgehead atoms. The maximum atomic E-state index is 11.3. The van der Waals surface area contributed by atoms with Gasteiger partial charge in [0.1, 0.15) is 11.5 Å². The molecule has 0 fully saturated rings. The molecule has 0 saturated heterocycles. The Labute approximate surface area is 96.2 Å². The lowest BCUT2D eigenvalue weighted by atomic mass is 9.90. The van der Waals surface area contributed by atoms with Gasteiger partial charge in [-0.3, -0.25) is 4.79 Å². The maximum Gasteiger partial charge on any atom is 0.221 e. The first kappa shape index (κ1) is 12.8. The summed E-state index contributed by atoms with van der Waals surface area (Å²) in [4.78, 5) is 11.3. The molecular formula is C12H20N2O2. The first-order valence-electron chi connectivity index (χ1n) is 5.49. The zero-order valence-electron chi connectivity index (χ0n) is 10.2. The minimum absolute atomic E-state index is 0.0150. The van der Waals surface area contributed by atoms with Crippen molar-refractivity contribution in [2.75, 3.05) is 13.1 Å². The van der Waals surface area contributed by atoms with E-state index >= 15 is 0 Å². The normalized spacial score (nSPS) is 11.5. The first-order valence-corrected chi connectivity index (χ1v) is 5.49. The van der Waals surface area contributed by atoms with Gasteiger partial charge in [-0.05, 0) is 19.1 Å². The van der Waals surface area contributed by atoms with Crippen molar-refractivity contribution in [3.05, 3.63) is 23.7 Å². The minimum Gasteiger partial charge on any atom is -0.466 e. The largest absolute Gasteiger partial charge is 0.466 e. The van der Waals surface area contributed by atoms with E-state index in [4.69, 9.17) is 10.2 Å². The van der Waals surface area contributed by atoms with Crippen molar-refractivity contribution in [2.45, 2.75) is 32.6 Å². The van der Waals surface area contributed by atoms with E-state index in [1.165, 1.54) is 0 Å². The lowest BCUT2D eigenvalue weighted by Crippen LogP contribution is -2.37. The van der Waals surface area contributed by atoms with E-state index in [2.05, 4.69) is 5.32 Å². The Morgan fingerprint density at radius 2 is 2.19 bits per heavy atom. The van der Waals surface area contributed by atoms with Crippen LogP contribution in [0.4, 0.5) is 0 Å². The summed E-state index contributed by atoms with van der Waals surface area (Å²) in [6, 6.07) is 3.88. The lowest BCUT2D eigenvalue weighted by molar-refractivity contribution is -0.121. The van der Waals surface area contributed by atoms with Crippen LogP contribution in [0.2, 0.25) is 0 Å². The number of furan rings is 1. The molecule has 3 N–H and O–H groups in total. The lowest BCUT2D eigenvalue weighted by Gasteiger charge is -2.22. The summed E-state index contributed by atoms with van der Waals surface area (Å²) in [5.41, 5.74) is 5.11. The Bertz CT molecular complexity index is 356. The monoisotopic (exact) mass is 224 g/mol. The SMILES string of the molecule is Cc1ccc(C(C)(C)CNC(=O)CCN)o1. The Morgan fingerprint density at radius 3 is 2.69 bits per heavy atom. The Kier molecular flexibility index (Phi) is 4.12. The highest BCUT2D eigenvalue weighted by Crippen LogP contribution is 2.24. The first-order chi connectivity index (χ1) is 7.45. The molecule has 0 aliphatic heterocycles. The number of nitrogens with one attached hydrogen (secondary N) is 1. The third-order valence-electron chi connectivity index (χ3n) is 2.51. The standard InChI is InChI=1S/C12H20N2O2/c1-9-4-5-10(16-9)12(2,3)8-14-11(15)6-7-13/h4-5H,6-8,13H2,1-3H3,(H,14,15). The van der Waals surface area contributed by atoms with E-state index in [1.807, 2.05) is 32.9 Å². The van der Waals surface area contributed by atoms with Gasteiger partial charge in [0.15, 0.2) is 0 Å². The number of hydrogen-bond donors (Lipinski definition) is 2. The van der Waals surface area contributed by atoms with Crippen molar-refractivity contribution in [2.24, 2.45) is 5.73 Å². The molecule has 0 radical (unpaired) electrons. The van der Waals surface area contributed by atoms with Gasteiger partial charge < -0.3 is 15.5 Å². The van der Waals surface area contributed by atoms with Gasteiger partial charge in [-0.15, -0.1) is 0 Å². The highest BCUT2D eigenvalue weighted by atomic mass is 16.3. The second kappa shape index (κ2) is 5.16. The summed E-state index contributed by atoms with van der Waals surface area (Å²) >= 11 is 0. The quantitative estimate of drug-likeness (QED) is 0.792. The fourth-order valence-electron chi connectivity index (χ4n) is 1.42. The molecule has 1 aromatic heterocycles. The second-order valence-electron chi connectivity index (χ2n) is 4.61. The highest BCUT2D eigenvalue weighted by molar-refractivity contribution is 5.76. The van der Waals surface area contributed by atoms with E-state index in [-0.39, 0.29) is 11.3 Å². The molecule has 0 aliphatic rings. The van der Waals surface area contributed by atoms with Crippen LogP contribution in [-0.4, -0.2) is 19.0 Å². The van der Waals surface area contributed by atoms with Gasteiger partial charge >= 0.3 is 0 Å². The third kappa shape index (κ3) is 3.38. The van der Waals surface area contributed by atoms with Crippen LogP contribution < -0.4 is 11.1 Å². The minimum atomic E-state index is -0.196. The molecule has 1 heterocycles. The average Bonchev–Trinajstić information content (AvgIpc) is 2.63. The number of rotatable bonds is 5. The molecule has 0 spiro atoms. The summed E-state index contributed by atoms with van der Waals surface area (Å²) in [5.74, 6) is 1.76. The van der Waals surface area contributed by atoms with Crippen LogP contribution in [0.15, 0.2) is 16.5 Å².